The van der Waals surface area contributed by atoms with E-state index in [4.69, 9.17) is 0 Å². The van der Waals surface area contributed by atoms with Crippen LogP contribution in [0.5, 0.6) is 0 Å². The predicted molar refractivity (Wildman–Crippen MR) is 120 cm³/mol. The van der Waals surface area contributed by atoms with E-state index < -0.39 is 17.7 Å². The number of ketones is 1. The van der Waals surface area contributed by atoms with Gasteiger partial charge in [0.1, 0.15) is 5.76 Å². The molecule has 1 aliphatic heterocycles. The van der Waals surface area contributed by atoms with Crippen molar-refractivity contribution in [1.29, 1.82) is 0 Å². The van der Waals surface area contributed by atoms with Crippen molar-refractivity contribution in [2.24, 2.45) is 0 Å². The van der Waals surface area contributed by atoms with E-state index in [9.17, 15) is 14.7 Å². The number of benzene rings is 2. The molecule has 1 amide bonds. The van der Waals surface area contributed by atoms with Gasteiger partial charge in [-0.1, -0.05) is 53.3 Å². The first-order chi connectivity index (χ1) is 15.0. The topological polar surface area (TPSA) is 83.4 Å². The van der Waals surface area contributed by atoms with E-state index in [0.29, 0.717) is 16.3 Å². The van der Waals surface area contributed by atoms with Crippen LogP contribution < -0.4 is 4.90 Å². The lowest BCUT2D eigenvalue weighted by molar-refractivity contribution is -0.132. The Labute approximate surface area is 182 Å². The highest BCUT2D eigenvalue weighted by atomic mass is 32.1. The molecule has 1 unspecified atom stereocenters. The summed E-state index contributed by atoms with van der Waals surface area (Å²) in [5.41, 5.74) is 2.96. The smallest absolute Gasteiger partial charge is 0.301 e. The van der Waals surface area contributed by atoms with Crippen LogP contribution in [0.2, 0.25) is 0 Å². The van der Waals surface area contributed by atoms with E-state index in [1.165, 1.54) is 16.2 Å². The van der Waals surface area contributed by atoms with Gasteiger partial charge in [-0.2, -0.15) is 0 Å². The molecule has 1 atom stereocenters. The van der Waals surface area contributed by atoms with Crippen molar-refractivity contribution in [3.8, 4) is 0 Å². The summed E-state index contributed by atoms with van der Waals surface area (Å²) in [6.45, 7) is 1.94. The average Bonchev–Trinajstić information content (AvgIpc) is 3.33. The number of aromatic nitrogens is 2. The van der Waals surface area contributed by atoms with Crippen LogP contribution in [0.3, 0.4) is 0 Å². The highest BCUT2D eigenvalue weighted by molar-refractivity contribution is 7.22. The number of fused-ring (bicyclic) bond motifs is 1. The number of pyridine rings is 1. The van der Waals surface area contributed by atoms with Gasteiger partial charge in [-0.3, -0.25) is 19.5 Å². The summed E-state index contributed by atoms with van der Waals surface area (Å²) < 4.78 is 0.909. The van der Waals surface area contributed by atoms with Crippen molar-refractivity contribution in [3.05, 3.63) is 95.3 Å². The number of para-hydroxylation sites is 1. The number of aliphatic hydroxyl groups excluding tert-OH is 1. The molecular weight excluding hydrogens is 410 g/mol. The van der Waals surface area contributed by atoms with Gasteiger partial charge in [0.25, 0.3) is 5.78 Å². The molecule has 6 nitrogen and oxygen atoms in total. The summed E-state index contributed by atoms with van der Waals surface area (Å²) in [6.07, 6.45) is 3.19. The van der Waals surface area contributed by atoms with E-state index in [1.54, 1.807) is 36.7 Å². The van der Waals surface area contributed by atoms with Crippen LogP contribution >= 0.6 is 11.3 Å². The van der Waals surface area contributed by atoms with Gasteiger partial charge in [0.2, 0.25) is 0 Å². The van der Waals surface area contributed by atoms with Crippen LogP contribution in [-0.2, 0) is 9.59 Å². The number of carbonyl (C=O) groups is 2. The quantitative estimate of drug-likeness (QED) is 0.293. The number of hydrogen-bond donors (Lipinski definition) is 1. The van der Waals surface area contributed by atoms with E-state index in [0.717, 1.165) is 15.8 Å². The summed E-state index contributed by atoms with van der Waals surface area (Å²) in [7, 11) is 0. The molecule has 5 rings (SSSR count). The van der Waals surface area contributed by atoms with Gasteiger partial charge in [-0.25, -0.2) is 4.98 Å². The molecule has 1 N–H and O–H groups in total. The number of nitrogens with zero attached hydrogens (tertiary/aromatic N) is 3. The minimum atomic E-state index is -0.801. The molecule has 0 saturated carbocycles. The molecule has 4 aromatic rings. The molecule has 1 aliphatic rings. The van der Waals surface area contributed by atoms with E-state index >= 15 is 0 Å². The molecule has 0 aliphatic carbocycles. The van der Waals surface area contributed by atoms with Crippen molar-refractivity contribution in [1.82, 2.24) is 9.97 Å². The molecule has 2 aromatic heterocycles. The monoisotopic (exact) mass is 427 g/mol. The van der Waals surface area contributed by atoms with Crippen molar-refractivity contribution >= 4 is 44.1 Å². The maximum atomic E-state index is 13.1. The third-order valence-corrected chi connectivity index (χ3v) is 6.32. The molecule has 0 radical (unpaired) electrons. The number of anilines is 1. The lowest BCUT2D eigenvalue weighted by Gasteiger charge is -2.22. The molecule has 152 valence electrons. The van der Waals surface area contributed by atoms with Crippen LogP contribution in [0.1, 0.15) is 22.7 Å². The van der Waals surface area contributed by atoms with Gasteiger partial charge in [0.15, 0.2) is 5.13 Å². The number of amides is 1. The molecule has 3 heterocycles. The van der Waals surface area contributed by atoms with Gasteiger partial charge in [0.05, 0.1) is 21.8 Å². The van der Waals surface area contributed by atoms with E-state index in [-0.39, 0.29) is 11.3 Å². The first-order valence-corrected chi connectivity index (χ1v) is 10.5. The Morgan fingerprint density at radius 3 is 2.42 bits per heavy atom. The summed E-state index contributed by atoms with van der Waals surface area (Å²) in [4.78, 5) is 36.3. The zero-order valence-corrected chi connectivity index (χ0v) is 17.3. The first-order valence-electron chi connectivity index (χ1n) is 9.68. The number of carbonyl (C=O) groups excluding carboxylic acids is 2. The van der Waals surface area contributed by atoms with Crippen LogP contribution in [-0.4, -0.2) is 26.8 Å². The van der Waals surface area contributed by atoms with Crippen LogP contribution in [0.4, 0.5) is 5.13 Å². The van der Waals surface area contributed by atoms with Crippen molar-refractivity contribution < 1.29 is 14.7 Å². The summed E-state index contributed by atoms with van der Waals surface area (Å²) in [5, 5.41) is 11.5. The lowest BCUT2D eigenvalue weighted by atomic mass is 9.96. The average molecular weight is 427 g/mol. The number of thiazole rings is 1. The second-order valence-electron chi connectivity index (χ2n) is 7.28. The lowest BCUT2D eigenvalue weighted by Crippen LogP contribution is -2.29. The van der Waals surface area contributed by atoms with Crippen LogP contribution in [0.25, 0.3) is 16.0 Å². The largest absolute Gasteiger partial charge is 0.507 e. The number of Topliss-reactive ketones (excluding diaryl/α,β-unsaturated/α-hetero) is 1. The molecule has 31 heavy (non-hydrogen) atoms. The number of rotatable bonds is 3. The highest BCUT2D eigenvalue weighted by Gasteiger charge is 2.48. The summed E-state index contributed by atoms with van der Waals surface area (Å²) in [6, 6.07) is 17.4. The van der Waals surface area contributed by atoms with Crippen LogP contribution in [0, 0.1) is 6.92 Å². The van der Waals surface area contributed by atoms with Crippen molar-refractivity contribution in [2.45, 2.75) is 13.0 Å². The summed E-state index contributed by atoms with van der Waals surface area (Å²) >= 11 is 1.33. The fourth-order valence-corrected chi connectivity index (χ4v) is 4.71. The third kappa shape index (κ3) is 3.19. The van der Waals surface area contributed by atoms with E-state index in [2.05, 4.69) is 9.97 Å². The SMILES string of the molecule is Cc1ccc(/C(O)=C2\C(=O)C(=O)N(c3nc4ccccc4s3)C2c2ccncc2)cc1. The Hall–Kier alpha value is -3.84. The predicted octanol–water partition coefficient (Wildman–Crippen LogP) is 4.63. The Morgan fingerprint density at radius 1 is 1.00 bits per heavy atom. The zero-order chi connectivity index (χ0) is 21.5. The number of aliphatic hydroxyl groups is 1. The molecule has 0 bridgehead atoms. The fourth-order valence-electron chi connectivity index (χ4n) is 3.72. The molecular formula is C24H17N3O3S. The highest BCUT2D eigenvalue weighted by Crippen LogP contribution is 2.44. The van der Waals surface area contributed by atoms with E-state index in [1.807, 2.05) is 43.3 Å². The van der Waals surface area contributed by atoms with Crippen LogP contribution in [0.15, 0.2) is 78.6 Å². The van der Waals surface area contributed by atoms with Gasteiger partial charge in [0, 0.05) is 18.0 Å². The fraction of sp³-hybridized carbons (Fsp3) is 0.0833. The number of aryl methyl sites for hydroxylation is 1. The van der Waals surface area contributed by atoms with Crippen molar-refractivity contribution in [3.63, 3.8) is 0 Å². The van der Waals surface area contributed by atoms with Crippen molar-refractivity contribution in [2.75, 3.05) is 4.90 Å². The maximum absolute atomic E-state index is 13.1. The normalized spacial score (nSPS) is 18.1. The van der Waals surface area contributed by atoms with Gasteiger partial charge >= 0.3 is 5.91 Å². The maximum Gasteiger partial charge on any atom is 0.301 e. The molecule has 1 saturated heterocycles. The molecule has 0 spiro atoms. The van der Waals surface area contributed by atoms with Gasteiger partial charge < -0.3 is 5.11 Å². The Bertz CT molecular complexity index is 1310. The number of hydrogen-bond acceptors (Lipinski definition) is 6. The molecule has 1 fully saturated rings. The second kappa shape index (κ2) is 7.45. The Kier molecular flexibility index (Phi) is 4.60. The Balaban J connectivity index is 1.73. The minimum absolute atomic E-state index is 0.0410. The van der Waals surface area contributed by atoms with Gasteiger partial charge in [-0.05, 0) is 36.8 Å². The van der Waals surface area contributed by atoms with Gasteiger partial charge in [-0.15, -0.1) is 0 Å². The first kappa shape index (κ1) is 19.1. The summed E-state index contributed by atoms with van der Waals surface area (Å²) in [5.74, 6) is -1.66. The minimum Gasteiger partial charge on any atom is -0.507 e. The Morgan fingerprint density at radius 2 is 1.71 bits per heavy atom. The zero-order valence-electron chi connectivity index (χ0n) is 16.5. The molecule has 7 heteroatoms. The molecule has 2 aromatic carbocycles. The third-order valence-electron chi connectivity index (χ3n) is 5.28. The standard InChI is InChI=1S/C24H17N3O3S/c1-14-6-8-16(9-7-14)21(28)19-20(15-10-12-25-13-11-15)27(23(30)22(19)29)24-26-17-4-2-3-5-18(17)31-24/h2-13,20,28H,1H3/b21-19+. The second-order valence-corrected chi connectivity index (χ2v) is 8.29.